The van der Waals surface area contributed by atoms with Crippen molar-refractivity contribution in [3.8, 4) is 5.75 Å². The Morgan fingerprint density at radius 3 is 2.48 bits per heavy atom. The highest BCUT2D eigenvalue weighted by Crippen LogP contribution is 2.27. The quantitative estimate of drug-likeness (QED) is 0.449. The molecule has 1 aliphatic rings. The number of carbonyl (C=O) groups excluding carboxylic acids is 2. The Kier molecular flexibility index (Phi) is 7.01. The second kappa shape index (κ2) is 10.1. The van der Waals surface area contributed by atoms with Gasteiger partial charge in [-0.1, -0.05) is 35.3 Å². The topological polar surface area (TPSA) is 70.7 Å². The third kappa shape index (κ3) is 5.56. The number of nitrogens with one attached hydrogen (secondary N) is 2. The van der Waals surface area contributed by atoms with Crippen molar-refractivity contribution in [3.05, 3.63) is 88.2 Å². The minimum Gasteiger partial charge on any atom is -0.489 e. The lowest BCUT2D eigenvalue weighted by Gasteiger charge is -2.17. The van der Waals surface area contributed by atoms with Crippen molar-refractivity contribution in [2.75, 3.05) is 16.9 Å². The maximum absolute atomic E-state index is 13.1. The fourth-order valence-electron chi connectivity index (χ4n) is 3.48. The van der Waals surface area contributed by atoms with Gasteiger partial charge >= 0.3 is 0 Å². The summed E-state index contributed by atoms with van der Waals surface area (Å²) < 4.78 is 18.9. The van der Waals surface area contributed by atoms with Crippen LogP contribution < -0.4 is 20.5 Å². The Bertz CT molecular complexity index is 1150. The minimum atomic E-state index is -0.531. The van der Waals surface area contributed by atoms with Gasteiger partial charge < -0.3 is 9.64 Å². The summed E-state index contributed by atoms with van der Waals surface area (Å²) in [6, 6.07) is 17.9. The van der Waals surface area contributed by atoms with Gasteiger partial charge in [-0.25, -0.2) is 4.39 Å². The van der Waals surface area contributed by atoms with Crippen molar-refractivity contribution >= 4 is 46.4 Å². The molecule has 0 bridgehead atoms. The van der Waals surface area contributed by atoms with Crippen molar-refractivity contribution in [3.63, 3.8) is 0 Å². The molecule has 0 saturated carbocycles. The van der Waals surface area contributed by atoms with Crippen LogP contribution in [-0.4, -0.2) is 18.4 Å². The summed E-state index contributed by atoms with van der Waals surface area (Å²) in [5.41, 5.74) is 7.33. The lowest BCUT2D eigenvalue weighted by Crippen LogP contribution is -2.36. The van der Waals surface area contributed by atoms with Crippen LogP contribution in [0.25, 0.3) is 0 Å². The largest absolute Gasteiger partial charge is 0.489 e. The van der Waals surface area contributed by atoms with E-state index in [0.717, 1.165) is 0 Å². The van der Waals surface area contributed by atoms with Gasteiger partial charge in [0.2, 0.25) is 11.8 Å². The van der Waals surface area contributed by atoms with Gasteiger partial charge in [-0.15, -0.1) is 0 Å². The number of ether oxygens (including phenoxy) is 1. The molecule has 1 saturated heterocycles. The first-order valence-corrected chi connectivity index (χ1v) is 10.9. The zero-order chi connectivity index (χ0) is 23.4. The smallest absolute Gasteiger partial charge is 0.243 e. The van der Waals surface area contributed by atoms with Crippen molar-refractivity contribution in [2.24, 2.45) is 5.92 Å². The number of nitrogens with zero attached hydrogens (tertiary/aromatic N) is 1. The molecule has 1 fully saturated rings. The Morgan fingerprint density at radius 2 is 1.76 bits per heavy atom. The summed E-state index contributed by atoms with van der Waals surface area (Å²) in [5.74, 6) is -0.858. The predicted octanol–water partition coefficient (Wildman–Crippen LogP) is 5.21. The van der Waals surface area contributed by atoms with Gasteiger partial charge in [0.05, 0.1) is 11.6 Å². The van der Waals surface area contributed by atoms with E-state index in [-0.39, 0.29) is 37.2 Å². The van der Waals surface area contributed by atoms with Gasteiger partial charge in [0.15, 0.2) is 0 Å². The van der Waals surface area contributed by atoms with Crippen molar-refractivity contribution in [1.82, 2.24) is 5.43 Å². The SMILES string of the molecule is O=C(NNc1cccc(OCc2c(Cl)cccc2Cl)c1)[C@H]1CC(=O)N(c2ccc(F)cc2)C1. The molecular weight excluding hydrogens is 468 g/mol. The summed E-state index contributed by atoms with van der Waals surface area (Å²) >= 11 is 12.3. The number of hydrogen-bond donors (Lipinski definition) is 2. The summed E-state index contributed by atoms with van der Waals surface area (Å²) in [6.45, 7) is 0.414. The molecule has 1 heterocycles. The minimum absolute atomic E-state index is 0.0760. The van der Waals surface area contributed by atoms with E-state index in [4.69, 9.17) is 27.9 Å². The molecule has 0 spiro atoms. The zero-order valence-electron chi connectivity index (χ0n) is 17.4. The van der Waals surface area contributed by atoms with Gasteiger partial charge in [-0.05, 0) is 48.5 Å². The summed E-state index contributed by atoms with van der Waals surface area (Å²) in [7, 11) is 0. The van der Waals surface area contributed by atoms with Gasteiger partial charge in [0, 0.05) is 40.3 Å². The Balaban J connectivity index is 1.32. The van der Waals surface area contributed by atoms with E-state index < -0.39 is 5.92 Å². The zero-order valence-corrected chi connectivity index (χ0v) is 18.9. The average Bonchev–Trinajstić information content (AvgIpc) is 3.19. The molecule has 2 N–H and O–H groups in total. The number of carbonyl (C=O) groups is 2. The molecule has 0 aliphatic carbocycles. The van der Waals surface area contributed by atoms with Crippen molar-refractivity contribution in [1.29, 1.82) is 0 Å². The van der Waals surface area contributed by atoms with Crippen LogP contribution in [0.5, 0.6) is 5.75 Å². The second-order valence-corrected chi connectivity index (χ2v) is 8.33. The number of amides is 2. The highest BCUT2D eigenvalue weighted by atomic mass is 35.5. The van der Waals surface area contributed by atoms with E-state index >= 15 is 0 Å². The van der Waals surface area contributed by atoms with Crippen LogP contribution in [0.15, 0.2) is 66.7 Å². The van der Waals surface area contributed by atoms with E-state index in [0.29, 0.717) is 32.7 Å². The van der Waals surface area contributed by atoms with Crippen LogP contribution in [-0.2, 0) is 16.2 Å². The molecule has 170 valence electrons. The monoisotopic (exact) mass is 487 g/mol. The molecule has 33 heavy (non-hydrogen) atoms. The van der Waals surface area contributed by atoms with E-state index in [9.17, 15) is 14.0 Å². The van der Waals surface area contributed by atoms with Gasteiger partial charge in [-0.3, -0.25) is 20.4 Å². The molecular formula is C24H20Cl2FN3O3. The molecule has 2 amide bonds. The first-order valence-electron chi connectivity index (χ1n) is 10.2. The van der Waals surface area contributed by atoms with Crippen molar-refractivity contribution < 1.29 is 18.7 Å². The number of anilines is 2. The van der Waals surface area contributed by atoms with E-state index in [1.165, 1.54) is 29.2 Å². The number of hydrazine groups is 1. The van der Waals surface area contributed by atoms with Gasteiger partial charge in [0.25, 0.3) is 0 Å². The number of rotatable bonds is 7. The molecule has 9 heteroatoms. The molecule has 6 nitrogen and oxygen atoms in total. The summed E-state index contributed by atoms with van der Waals surface area (Å²) in [4.78, 5) is 26.4. The molecule has 4 rings (SSSR count). The van der Waals surface area contributed by atoms with E-state index in [1.807, 2.05) is 0 Å². The van der Waals surface area contributed by atoms with Crippen molar-refractivity contribution in [2.45, 2.75) is 13.0 Å². The van der Waals surface area contributed by atoms with Crippen LogP contribution in [0.3, 0.4) is 0 Å². The maximum Gasteiger partial charge on any atom is 0.243 e. The molecule has 0 radical (unpaired) electrons. The molecule has 1 atom stereocenters. The number of benzene rings is 3. The molecule has 0 unspecified atom stereocenters. The van der Waals surface area contributed by atoms with Crippen LogP contribution >= 0.6 is 23.2 Å². The van der Waals surface area contributed by atoms with Gasteiger partial charge in [-0.2, -0.15) is 0 Å². The highest BCUT2D eigenvalue weighted by molar-refractivity contribution is 6.35. The molecule has 3 aromatic carbocycles. The predicted molar refractivity (Wildman–Crippen MR) is 126 cm³/mol. The average molecular weight is 488 g/mol. The molecule has 0 aromatic heterocycles. The third-order valence-corrected chi connectivity index (χ3v) is 5.95. The maximum atomic E-state index is 13.1. The second-order valence-electron chi connectivity index (χ2n) is 7.51. The van der Waals surface area contributed by atoms with E-state index in [2.05, 4.69) is 10.9 Å². The first kappa shape index (κ1) is 22.9. The van der Waals surface area contributed by atoms with Crippen LogP contribution in [0.4, 0.5) is 15.8 Å². The highest BCUT2D eigenvalue weighted by Gasteiger charge is 2.35. The van der Waals surface area contributed by atoms with Crippen LogP contribution in [0.1, 0.15) is 12.0 Å². The molecule has 3 aromatic rings. The normalized spacial score (nSPS) is 15.4. The number of halogens is 3. The third-order valence-electron chi connectivity index (χ3n) is 5.24. The van der Waals surface area contributed by atoms with E-state index in [1.54, 1.807) is 42.5 Å². The fraction of sp³-hybridized carbons (Fsp3) is 0.167. The lowest BCUT2D eigenvalue weighted by atomic mass is 10.1. The van der Waals surface area contributed by atoms with Crippen LogP contribution in [0.2, 0.25) is 10.0 Å². The Hall–Kier alpha value is -3.29. The lowest BCUT2D eigenvalue weighted by molar-refractivity contribution is -0.125. The van der Waals surface area contributed by atoms with Gasteiger partial charge in [0.1, 0.15) is 18.2 Å². The first-order chi connectivity index (χ1) is 15.9. The molecule has 1 aliphatic heterocycles. The summed E-state index contributed by atoms with van der Waals surface area (Å²) in [5, 5.41) is 1.04. The Labute approximate surface area is 200 Å². The summed E-state index contributed by atoms with van der Waals surface area (Å²) in [6.07, 6.45) is 0.0760. The number of hydrogen-bond acceptors (Lipinski definition) is 4. The Morgan fingerprint density at radius 1 is 1.06 bits per heavy atom. The van der Waals surface area contributed by atoms with Crippen LogP contribution in [0, 0.1) is 11.7 Å². The standard InChI is InChI=1S/C24H20Cl2FN3O3/c25-21-5-2-6-22(26)20(21)14-33-19-4-1-3-17(12-19)28-29-24(32)15-11-23(31)30(13-15)18-9-7-16(27)8-10-18/h1-10,12,15,28H,11,13-14H2,(H,29,32)/t15-/m0/s1. The fourth-order valence-corrected chi connectivity index (χ4v) is 3.99.